The molecule has 0 aliphatic heterocycles. The number of hydrogen-bond donors (Lipinski definition) is 1. The molecule has 24 heavy (non-hydrogen) atoms. The number of nitrogens with one attached hydrogen (secondary N) is 1. The predicted molar refractivity (Wildman–Crippen MR) is 86.0 cm³/mol. The van der Waals surface area contributed by atoms with E-state index >= 15 is 0 Å². The Balaban J connectivity index is 2.40. The van der Waals surface area contributed by atoms with Crippen LogP contribution in [0.3, 0.4) is 0 Å². The van der Waals surface area contributed by atoms with Crippen LogP contribution >= 0.6 is 0 Å². The van der Waals surface area contributed by atoms with Crippen LogP contribution in [-0.2, 0) is 0 Å². The number of non-ortho nitro benzene ring substituents is 1. The Morgan fingerprint density at radius 3 is 2.42 bits per heavy atom. The standard InChI is InChI=1S/C14H10N6O4/c15-16-9-13(10-4-2-1-3-5-10)18-17-12-7-6-11(19(21)22)8-14(12)20(23)24/h1-9,17H/b18-13+. The Labute approximate surface area is 135 Å². The second-order valence-electron chi connectivity index (χ2n) is 4.44. The van der Waals surface area contributed by atoms with Gasteiger partial charge in [-0.15, -0.1) is 0 Å². The van der Waals surface area contributed by atoms with Crippen LogP contribution in [0.5, 0.6) is 0 Å². The van der Waals surface area contributed by atoms with E-state index in [0.29, 0.717) is 5.56 Å². The van der Waals surface area contributed by atoms with Crippen LogP contribution in [0, 0.1) is 20.2 Å². The minimum absolute atomic E-state index is 0.0367. The largest absolute Gasteiger partial charge is 0.361 e. The van der Waals surface area contributed by atoms with Crippen LogP contribution in [-0.4, -0.2) is 26.6 Å². The molecule has 0 aliphatic carbocycles. The molecule has 0 heterocycles. The van der Waals surface area contributed by atoms with Crippen molar-refractivity contribution >= 4 is 29.0 Å². The van der Waals surface area contributed by atoms with Gasteiger partial charge in [0.1, 0.15) is 5.69 Å². The normalized spacial score (nSPS) is 10.6. The van der Waals surface area contributed by atoms with Crippen LogP contribution in [0.4, 0.5) is 17.1 Å². The summed E-state index contributed by atoms with van der Waals surface area (Å²) in [6.07, 6.45) is 1.06. The Kier molecular flexibility index (Phi) is 5.06. The molecule has 0 saturated carbocycles. The van der Waals surface area contributed by atoms with Gasteiger partial charge in [-0.2, -0.15) is 9.89 Å². The van der Waals surface area contributed by atoms with Crippen molar-refractivity contribution in [2.45, 2.75) is 0 Å². The highest BCUT2D eigenvalue weighted by Gasteiger charge is 2.19. The molecule has 2 aromatic carbocycles. The van der Waals surface area contributed by atoms with Crippen LogP contribution < -0.4 is 5.43 Å². The van der Waals surface area contributed by atoms with E-state index in [0.717, 1.165) is 18.3 Å². The third kappa shape index (κ3) is 3.84. The summed E-state index contributed by atoms with van der Waals surface area (Å²) in [5.74, 6) is 0. The zero-order valence-corrected chi connectivity index (χ0v) is 12.1. The molecule has 0 unspecified atom stereocenters. The van der Waals surface area contributed by atoms with Crippen molar-refractivity contribution in [3.05, 3.63) is 79.9 Å². The lowest BCUT2D eigenvalue weighted by Gasteiger charge is -2.03. The summed E-state index contributed by atoms with van der Waals surface area (Å²) in [4.78, 5) is 23.2. The summed E-state index contributed by atoms with van der Waals surface area (Å²) >= 11 is 0. The molecule has 120 valence electrons. The van der Waals surface area contributed by atoms with Gasteiger partial charge in [-0.05, 0) is 6.07 Å². The first-order chi connectivity index (χ1) is 11.5. The molecule has 1 N–H and O–H groups in total. The highest BCUT2D eigenvalue weighted by molar-refractivity contribution is 6.36. The predicted octanol–water partition coefficient (Wildman–Crippen LogP) is 2.62. The van der Waals surface area contributed by atoms with E-state index < -0.39 is 21.2 Å². The molecule has 0 bridgehead atoms. The van der Waals surface area contributed by atoms with Gasteiger partial charge in [0.15, 0.2) is 5.71 Å². The van der Waals surface area contributed by atoms with Gasteiger partial charge in [-0.25, -0.2) is 0 Å². The van der Waals surface area contributed by atoms with Gasteiger partial charge in [-0.3, -0.25) is 25.7 Å². The summed E-state index contributed by atoms with van der Waals surface area (Å²) in [5, 5.41) is 25.7. The first-order valence-corrected chi connectivity index (χ1v) is 6.52. The first-order valence-electron chi connectivity index (χ1n) is 6.52. The number of anilines is 1. The lowest BCUT2D eigenvalue weighted by molar-refractivity contribution is -0.393. The van der Waals surface area contributed by atoms with Crippen molar-refractivity contribution in [3.8, 4) is 0 Å². The second kappa shape index (κ2) is 7.38. The van der Waals surface area contributed by atoms with E-state index in [-0.39, 0.29) is 11.4 Å². The summed E-state index contributed by atoms with van der Waals surface area (Å²) in [6.45, 7) is 0. The van der Waals surface area contributed by atoms with E-state index in [9.17, 15) is 20.2 Å². The molecule has 0 spiro atoms. The van der Waals surface area contributed by atoms with Gasteiger partial charge in [-0.1, -0.05) is 30.3 Å². The van der Waals surface area contributed by atoms with Gasteiger partial charge in [0.25, 0.3) is 5.69 Å². The SMILES string of the molecule is [N-]=[N+]=C/C(=N\Nc1ccc([N+](=O)[O-])cc1[N+](=O)[O-])c1ccccc1. The Bertz CT molecular complexity index is 859. The molecule has 10 heteroatoms. The molecular weight excluding hydrogens is 316 g/mol. The number of nitro groups is 2. The van der Waals surface area contributed by atoms with Crippen LogP contribution in [0.15, 0.2) is 53.6 Å². The number of nitro benzene ring substituents is 2. The summed E-state index contributed by atoms with van der Waals surface area (Å²) in [5.41, 5.74) is 11.1. The third-order valence-corrected chi connectivity index (χ3v) is 2.94. The van der Waals surface area contributed by atoms with Crippen LogP contribution in [0.1, 0.15) is 5.56 Å². The highest BCUT2D eigenvalue weighted by Crippen LogP contribution is 2.28. The first kappa shape index (κ1) is 16.5. The van der Waals surface area contributed by atoms with Gasteiger partial charge >= 0.3 is 11.9 Å². The van der Waals surface area contributed by atoms with Gasteiger partial charge in [0.05, 0.1) is 15.9 Å². The monoisotopic (exact) mass is 326 g/mol. The maximum atomic E-state index is 11.1. The molecule has 0 atom stereocenters. The van der Waals surface area contributed by atoms with E-state index in [1.54, 1.807) is 30.3 Å². The van der Waals surface area contributed by atoms with Crippen molar-refractivity contribution in [2.24, 2.45) is 5.10 Å². The summed E-state index contributed by atoms with van der Waals surface area (Å²) < 4.78 is 0. The average molecular weight is 326 g/mol. The zero-order chi connectivity index (χ0) is 17.5. The van der Waals surface area contributed by atoms with Gasteiger partial charge in [0.2, 0.25) is 0 Å². The van der Waals surface area contributed by atoms with E-state index in [1.807, 2.05) is 0 Å². The number of benzene rings is 2. The topological polar surface area (TPSA) is 147 Å². The molecule has 10 nitrogen and oxygen atoms in total. The number of rotatable bonds is 6. The minimum Gasteiger partial charge on any atom is -0.361 e. The molecule has 0 saturated heterocycles. The van der Waals surface area contributed by atoms with E-state index in [2.05, 4.69) is 15.3 Å². The summed E-state index contributed by atoms with van der Waals surface area (Å²) in [6, 6.07) is 11.8. The minimum atomic E-state index is -0.757. The molecular formula is C14H10N6O4. The molecule has 0 aromatic heterocycles. The molecule has 0 radical (unpaired) electrons. The maximum Gasteiger partial charge on any atom is 0.308 e. The molecule has 0 amide bonds. The van der Waals surface area contributed by atoms with Gasteiger partial charge in [0, 0.05) is 11.6 Å². The average Bonchev–Trinajstić information content (AvgIpc) is 2.59. The molecule has 0 aliphatic rings. The Hall–Kier alpha value is -3.91. The third-order valence-electron chi connectivity index (χ3n) is 2.94. The Morgan fingerprint density at radius 1 is 1.12 bits per heavy atom. The zero-order valence-electron chi connectivity index (χ0n) is 12.1. The quantitative estimate of drug-likeness (QED) is 0.285. The lowest BCUT2D eigenvalue weighted by atomic mass is 10.1. The van der Waals surface area contributed by atoms with Crippen molar-refractivity contribution in [3.63, 3.8) is 0 Å². The maximum absolute atomic E-state index is 11.1. The Morgan fingerprint density at radius 2 is 1.83 bits per heavy atom. The van der Waals surface area contributed by atoms with E-state index in [1.165, 1.54) is 6.07 Å². The summed E-state index contributed by atoms with van der Waals surface area (Å²) in [7, 11) is 0. The highest BCUT2D eigenvalue weighted by atomic mass is 16.6. The van der Waals surface area contributed by atoms with Crippen LogP contribution in [0.25, 0.3) is 5.53 Å². The number of hydrogen-bond acceptors (Lipinski definition) is 6. The van der Waals surface area contributed by atoms with Crippen molar-refractivity contribution in [1.82, 2.24) is 0 Å². The van der Waals surface area contributed by atoms with Crippen molar-refractivity contribution in [2.75, 3.05) is 5.43 Å². The number of hydrazone groups is 1. The fourth-order valence-corrected chi connectivity index (χ4v) is 1.83. The van der Waals surface area contributed by atoms with Crippen molar-refractivity contribution < 1.29 is 14.6 Å². The molecule has 2 rings (SSSR count). The molecule has 0 fully saturated rings. The fourth-order valence-electron chi connectivity index (χ4n) is 1.83. The number of nitrogens with zero attached hydrogens (tertiary/aromatic N) is 5. The van der Waals surface area contributed by atoms with Crippen molar-refractivity contribution in [1.29, 1.82) is 0 Å². The smallest absolute Gasteiger partial charge is 0.308 e. The van der Waals surface area contributed by atoms with Gasteiger partial charge < -0.3 is 5.53 Å². The molecule has 2 aromatic rings. The van der Waals surface area contributed by atoms with E-state index in [4.69, 9.17) is 5.53 Å². The lowest BCUT2D eigenvalue weighted by Crippen LogP contribution is -2.07. The second-order valence-corrected chi connectivity index (χ2v) is 4.44. The van der Waals surface area contributed by atoms with Crippen LogP contribution in [0.2, 0.25) is 0 Å². The fraction of sp³-hybridized carbons (Fsp3) is 0.